The second kappa shape index (κ2) is 6.13. The van der Waals surface area contributed by atoms with Crippen LogP contribution < -0.4 is 5.32 Å². The van der Waals surface area contributed by atoms with Gasteiger partial charge in [-0.25, -0.2) is 9.59 Å². The number of hydrogen-bond donors (Lipinski definition) is 1. The van der Waals surface area contributed by atoms with Gasteiger partial charge in [0.25, 0.3) is 0 Å². The van der Waals surface area contributed by atoms with Crippen LogP contribution >= 0.6 is 11.6 Å². The quantitative estimate of drug-likeness (QED) is 0.844. The lowest BCUT2D eigenvalue weighted by Crippen LogP contribution is -2.27. The number of ether oxygens (including phenoxy) is 2. The predicted octanol–water partition coefficient (Wildman–Crippen LogP) is 3.78. The summed E-state index contributed by atoms with van der Waals surface area (Å²) in [6.07, 6.45) is -0.640. The van der Waals surface area contributed by atoms with E-state index in [0.29, 0.717) is 11.3 Å². The summed E-state index contributed by atoms with van der Waals surface area (Å²) >= 11 is 6.13. The molecule has 1 rings (SSSR count). The highest BCUT2D eigenvalue weighted by molar-refractivity contribution is 6.36. The molecule has 0 bridgehead atoms. The van der Waals surface area contributed by atoms with Crippen LogP contribution in [0.1, 0.15) is 36.7 Å². The van der Waals surface area contributed by atoms with Gasteiger partial charge in [-0.05, 0) is 39.3 Å². The average Bonchev–Trinajstić information content (AvgIpc) is 2.30. The number of rotatable bonds is 2. The highest BCUT2D eigenvalue weighted by Gasteiger charge is 2.20. The first-order chi connectivity index (χ1) is 9.15. The Morgan fingerprint density at radius 3 is 2.35 bits per heavy atom. The van der Waals surface area contributed by atoms with Gasteiger partial charge in [-0.15, -0.1) is 0 Å². The van der Waals surface area contributed by atoms with Crippen molar-refractivity contribution in [2.24, 2.45) is 0 Å². The van der Waals surface area contributed by atoms with Gasteiger partial charge in [-0.2, -0.15) is 0 Å². The van der Waals surface area contributed by atoms with E-state index < -0.39 is 17.7 Å². The summed E-state index contributed by atoms with van der Waals surface area (Å²) in [6, 6.07) is 3.28. The van der Waals surface area contributed by atoms with E-state index in [-0.39, 0.29) is 10.6 Å². The molecule has 0 saturated carbocycles. The first kappa shape index (κ1) is 16.3. The highest BCUT2D eigenvalue weighted by Crippen LogP contribution is 2.29. The van der Waals surface area contributed by atoms with Crippen molar-refractivity contribution in [3.63, 3.8) is 0 Å². The number of benzene rings is 1. The summed E-state index contributed by atoms with van der Waals surface area (Å²) < 4.78 is 9.80. The fourth-order valence-corrected chi connectivity index (χ4v) is 1.87. The molecule has 1 N–H and O–H groups in total. The number of methoxy groups -OCH3 is 1. The Kier molecular flexibility index (Phi) is 5.00. The summed E-state index contributed by atoms with van der Waals surface area (Å²) in [5.74, 6) is -0.555. The van der Waals surface area contributed by atoms with Gasteiger partial charge < -0.3 is 9.47 Å². The Morgan fingerprint density at radius 1 is 1.25 bits per heavy atom. The topological polar surface area (TPSA) is 64.6 Å². The largest absolute Gasteiger partial charge is 0.465 e. The van der Waals surface area contributed by atoms with Crippen LogP contribution in [0.4, 0.5) is 10.5 Å². The number of amides is 1. The minimum absolute atomic E-state index is 0.128. The van der Waals surface area contributed by atoms with Crippen LogP contribution in [-0.4, -0.2) is 24.8 Å². The molecule has 1 aromatic carbocycles. The first-order valence-corrected chi connectivity index (χ1v) is 6.41. The molecule has 6 heteroatoms. The third kappa shape index (κ3) is 4.13. The lowest BCUT2D eigenvalue weighted by Gasteiger charge is -2.20. The summed E-state index contributed by atoms with van der Waals surface area (Å²) in [6.45, 7) is 6.99. The van der Waals surface area contributed by atoms with Gasteiger partial charge in [-0.3, -0.25) is 5.32 Å². The van der Waals surface area contributed by atoms with Crippen LogP contribution in [0.25, 0.3) is 0 Å². The monoisotopic (exact) mass is 299 g/mol. The highest BCUT2D eigenvalue weighted by atomic mass is 35.5. The average molecular weight is 300 g/mol. The Morgan fingerprint density at radius 2 is 1.85 bits per heavy atom. The molecule has 1 amide bonds. The molecule has 0 saturated heterocycles. The Hall–Kier alpha value is -1.75. The second-order valence-corrected chi connectivity index (χ2v) is 5.62. The second-order valence-electron chi connectivity index (χ2n) is 5.24. The third-order valence-corrected chi connectivity index (χ3v) is 2.77. The van der Waals surface area contributed by atoms with Gasteiger partial charge in [0.1, 0.15) is 5.60 Å². The molecule has 0 aromatic heterocycles. The van der Waals surface area contributed by atoms with Crippen LogP contribution in [0.15, 0.2) is 12.1 Å². The van der Waals surface area contributed by atoms with E-state index in [4.69, 9.17) is 16.3 Å². The molecular weight excluding hydrogens is 282 g/mol. The molecule has 0 unspecified atom stereocenters. The van der Waals surface area contributed by atoms with Crippen molar-refractivity contribution in [2.75, 3.05) is 12.4 Å². The molecule has 110 valence electrons. The molecule has 1 aromatic rings. The standard InChI is InChI=1S/C14H18ClNO4/c1-8-6-7-9(11(15)10(8)12(17)19-5)16-13(18)20-14(2,3)4/h6-7H,1-5H3,(H,16,18). The van der Waals surface area contributed by atoms with E-state index in [2.05, 4.69) is 10.1 Å². The molecule has 0 spiro atoms. The number of nitrogens with one attached hydrogen (secondary N) is 1. The zero-order valence-corrected chi connectivity index (χ0v) is 12.9. The van der Waals surface area contributed by atoms with Gasteiger partial charge in [0.05, 0.1) is 23.4 Å². The van der Waals surface area contributed by atoms with Gasteiger partial charge in [0, 0.05) is 0 Å². The number of hydrogen-bond acceptors (Lipinski definition) is 4. The van der Waals surface area contributed by atoms with E-state index in [1.165, 1.54) is 7.11 Å². The minimum atomic E-state index is -0.640. The van der Waals surface area contributed by atoms with Gasteiger partial charge in [0.15, 0.2) is 0 Å². The van der Waals surface area contributed by atoms with E-state index in [0.717, 1.165) is 0 Å². The van der Waals surface area contributed by atoms with Crippen molar-refractivity contribution < 1.29 is 19.1 Å². The molecular formula is C14H18ClNO4. The predicted molar refractivity (Wildman–Crippen MR) is 77.4 cm³/mol. The number of carbonyl (C=O) groups is 2. The van der Waals surface area contributed by atoms with Crippen molar-refractivity contribution in [2.45, 2.75) is 33.3 Å². The van der Waals surface area contributed by atoms with Gasteiger partial charge >= 0.3 is 12.1 Å². The van der Waals surface area contributed by atoms with Crippen molar-refractivity contribution in [1.82, 2.24) is 0 Å². The fourth-order valence-electron chi connectivity index (χ4n) is 1.54. The van der Waals surface area contributed by atoms with Crippen molar-refractivity contribution >= 4 is 29.4 Å². The van der Waals surface area contributed by atoms with Crippen molar-refractivity contribution in [1.29, 1.82) is 0 Å². The Balaban J connectivity index is 3.04. The first-order valence-electron chi connectivity index (χ1n) is 6.03. The van der Waals surface area contributed by atoms with Crippen LogP contribution in [0, 0.1) is 6.92 Å². The summed E-state index contributed by atoms with van der Waals surface area (Å²) in [5, 5.41) is 2.64. The lowest BCUT2D eigenvalue weighted by molar-refractivity contribution is 0.0595. The lowest BCUT2D eigenvalue weighted by atomic mass is 10.1. The molecule has 0 radical (unpaired) electrons. The van der Waals surface area contributed by atoms with Crippen LogP contribution in [0.3, 0.4) is 0 Å². The molecule has 0 aliphatic rings. The molecule has 20 heavy (non-hydrogen) atoms. The molecule has 0 atom stereocenters. The zero-order chi connectivity index (χ0) is 15.5. The number of aryl methyl sites for hydroxylation is 1. The number of anilines is 1. The van der Waals surface area contributed by atoms with E-state index in [9.17, 15) is 9.59 Å². The van der Waals surface area contributed by atoms with Crippen LogP contribution in [0.2, 0.25) is 5.02 Å². The van der Waals surface area contributed by atoms with Crippen molar-refractivity contribution in [3.05, 3.63) is 28.3 Å². The van der Waals surface area contributed by atoms with Gasteiger partial charge in [0.2, 0.25) is 0 Å². The molecule has 5 nitrogen and oxygen atoms in total. The van der Waals surface area contributed by atoms with Crippen LogP contribution in [0.5, 0.6) is 0 Å². The normalized spacial score (nSPS) is 10.9. The summed E-state index contributed by atoms with van der Waals surface area (Å²) in [5.41, 5.74) is 0.568. The third-order valence-electron chi connectivity index (χ3n) is 2.38. The van der Waals surface area contributed by atoms with E-state index in [1.807, 2.05) is 0 Å². The Bertz CT molecular complexity index is 535. The zero-order valence-electron chi connectivity index (χ0n) is 12.2. The van der Waals surface area contributed by atoms with E-state index in [1.54, 1.807) is 39.8 Å². The number of carbonyl (C=O) groups excluding carboxylic acids is 2. The molecule has 0 heterocycles. The maximum atomic E-state index is 11.7. The van der Waals surface area contributed by atoms with Crippen LogP contribution in [-0.2, 0) is 9.47 Å². The van der Waals surface area contributed by atoms with Crippen molar-refractivity contribution in [3.8, 4) is 0 Å². The number of halogens is 1. The summed E-state index contributed by atoms with van der Waals surface area (Å²) in [4.78, 5) is 23.4. The molecule has 0 aliphatic heterocycles. The SMILES string of the molecule is COC(=O)c1c(C)ccc(NC(=O)OC(C)(C)C)c1Cl. The smallest absolute Gasteiger partial charge is 0.412 e. The Labute approximate surface area is 123 Å². The van der Waals surface area contributed by atoms with E-state index >= 15 is 0 Å². The van der Waals surface area contributed by atoms with Gasteiger partial charge in [-0.1, -0.05) is 17.7 Å². The number of esters is 1. The minimum Gasteiger partial charge on any atom is -0.465 e. The summed E-state index contributed by atoms with van der Waals surface area (Å²) in [7, 11) is 1.27. The maximum Gasteiger partial charge on any atom is 0.412 e. The molecule has 0 fully saturated rings. The maximum absolute atomic E-state index is 11.7. The molecule has 0 aliphatic carbocycles. The fraction of sp³-hybridized carbons (Fsp3) is 0.429.